The highest BCUT2D eigenvalue weighted by Gasteiger charge is 2.25. The van der Waals surface area contributed by atoms with Gasteiger partial charge in [-0.1, -0.05) is 12.1 Å². The lowest BCUT2D eigenvalue weighted by Crippen LogP contribution is -2.50. The molecule has 132 valence electrons. The fourth-order valence-electron chi connectivity index (χ4n) is 2.88. The summed E-state index contributed by atoms with van der Waals surface area (Å²) in [5.74, 6) is 0.844. The molecule has 0 atom stereocenters. The van der Waals surface area contributed by atoms with Crippen molar-refractivity contribution in [3.05, 3.63) is 54.0 Å². The predicted molar refractivity (Wildman–Crippen MR) is 92.5 cm³/mol. The van der Waals surface area contributed by atoms with Gasteiger partial charge in [0.25, 0.3) is 5.91 Å². The number of rotatable bonds is 5. The zero-order chi connectivity index (χ0) is 17.6. The maximum Gasteiger partial charge on any atom is 0.257 e. The van der Waals surface area contributed by atoms with Gasteiger partial charge in [0.15, 0.2) is 0 Å². The second-order valence-corrected chi connectivity index (χ2v) is 5.94. The molecule has 2 amide bonds. The summed E-state index contributed by atoms with van der Waals surface area (Å²) in [5.41, 5.74) is 1.51. The Morgan fingerprint density at radius 1 is 1.04 bits per heavy atom. The molecule has 6 heteroatoms. The number of carbonyl (C=O) groups is 2. The maximum absolute atomic E-state index is 12.5. The van der Waals surface area contributed by atoms with E-state index in [9.17, 15) is 9.59 Å². The molecular formula is C19H22N2O4. The van der Waals surface area contributed by atoms with Crippen molar-refractivity contribution < 1.29 is 18.7 Å². The lowest BCUT2D eigenvalue weighted by molar-refractivity contribution is -0.131. The predicted octanol–water partition coefficient (Wildman–Crippen LogP) is 2.21. The summed E-state index contributed by atoms with van der Waals surface area (Å²) >= 11 is 0. The zero-order valence-electron chi connectivity index (χ0n) is 14.3. The number of hydrogen-bond acceptors (Lipinski definition) is 4. The van der Waals surface area contributed by atoms with Gasteiger partial charge in [0.1, 0.15) is 12.0 Å². The van der Waals surface area contributed by atoms with Gasteiger partial charge in [0, 0.05) is 26.2 Å². The second-order valence-electron chi connectivity index (χ2n) is 5.94. The third-order valence-electron chi connectivity index (χ3n) is 4.28. The molecule has 2 aromatic rings. The summed E-state index contributed by atoms with van der Waals surface area (Å²) in [6.45, 7) is 4.76. The van der Waals surface area contributed by atoms with Crippen LogP contribution in [0.4, 0.5) is 0 Å². The molecule has 0 N–H and O–H groups in total. The SMILES string of the molecule is CCOc1ccc(CC(=O)N2CCN(C(=O)c3ccoc3)CC2)cc1. The van der Waals surface area contributed by atoms with Gasteiger partial charge in [0.05, 0.1) is 24.9 Å². The molecule has 0 radical (unpaired) electrons. The molecule has 1 aromatic heterocycles. The minimum atomic E-state index is -0.0487. The van der Waals surface area contributed by atoms with E-state index in [0.29, 0.717) is 44.8 Å². The summed E-state index contributed by atoms with van der Waals surface area (Å²) < 4.78 is 10.4. The van der Waals surface area contributed by atoms with E-state index in [1.54, 1.807) is 11.0 Å². The molecule has 1 aromatic carbocycles. The number of amides is 2. The number of furan rings is 1. The van der Waals surface area contributed by atoms with Crippen LogP contribution in [0.1, 0.15) is 22.8 Å². The Morgan fingerprint density at radius 2 is 1.72 bits per heavy atom. The summed E-state index contributed by atoms with van der Waals surface area (Å²) in [7, 11) is 0. The van der Waals surface area contributed by atoms with Crippen LogP contribution in [0, 0.1) is 0 Å². The fraction of sp³-hybridized carbons (Fsp3) is 0.368. The van der Waals surface area contributed by atoms with Gasteiger partial charge in [-0.3, -0.25) is 9.59 Å². The summed E-state index contributed by atoms with van der Waals surface area (Å²) in [6, 6.07) is 9.26. The van der Waals surface area contributed by atoms with Crippen molar-refractivity contribution in [1.82, 2.24) is 9.80 Å². The highest BCUT2D eigenvalue weighted by atomic mass is 16.5. The third-order valence-corrected chi connectivity index (χ3v) is 4.28. The first kappa shape index (κ1) is 17.1. The number of carbonyl (C=O) groups excluding carboxylic acids is 2. The molecule has 1 saturated heterocycles. The lowest BCUT2D eigenvalue weighted by Gasteiger charge is -2.34. The molecule has 2 heterocycles. The molecule has 0 aliphatic carbocycles. The summed E-state index contributed by atoms with van der Waals surface area (Å²) in [5, 5.41) is 0. The number of piperazine rings is 1. The second kappa shape index (κ2) is 7.88. The topological polar surface area (TPSA) is 63.0 Å². The smallest absolute Gasteiger partial charge is 0.257 e. The average Bonchev–Trinajstić information content (AvgIpc) is 3.18. The maximum atomic E-state index is 12.5. The quantitative estimate of drug-likeness (QED) is 0.836. The van der Waals surface area contributed by atoms with E-state index in [0.717, 1.165) is 11.3 Å². The van der Waals surface area contributed by atoms with E-state index < -0.39 is 0 Å². The van der Waals surface area contributed by atoms with Crippen LogP contribution in [0.5, 0.6) is 5.75 Å². The van der Waals surface area contributed by atoms with Crippen molar-refractivity contribution in [3.8, 4) is 5.75 Å². The molecule has 0 saturated carbocycles. The Bertz CT molecular complexity index is 702. The van der Waals surface area contributed by atoms with Crippen LogP contribution in [0.2, 0.25) is 0 Å². The van der Waals surface area contributed by atoms with E-state index in [-0.39, 0.29) is 11.8 Å². The molecule has 0 bridgehead atoms. The number of benzene rings is 1. The number of ether oxygens (including phenoxy) is 1. The van der Waals surface area contributed by atoms with Crippen LogP contribution < -0.4 is 4.74 Å². The van der Waals surface area contributed by atoms with Crippen LogP contribution in [0.15, 0.2) is 47.3 Å². The van der Waals surface area contributed by atoms with Crippen LogP contribution in [0.3, 0.4) is 0 Å². The normalized spacial score (nSPS) is 14.4. The third kappa shape index (κ3) is 4.21. The average molecular weight is 342 g/mol. The first-order valence-electron chi connectivity index (χ1n) is 8.48. The van der Waals surface area contributed by atoms with E-state index in [1.807, 2.05) is 36.1 Å². The van der Waals surface area contributed by atoms with Crippen LogP contribution >= 0.6 is 0 Å². The Morgan fingerprint density at radius 3 is 2.32 bits per heavy atom. The summed E-state index contributed by atoms with van der Waals surface area (Å²) in [4.78, 5) is 28.3. The molecular weight excluding hydrogens is 320 g/mol. The highest BCUT2D eigenvalue weighted by molar-refractivity contribution is 5.94. The monoisotopic (exact) mass is 342 g/mol. The van der Waals surface area contributed by atoms with Gasteiger partial charge >= 0.3 is 0 Å². The van der Waals surface area contributed by atoms with Crippen LogP contribution in [0.25, 0.3) is 0 Å². The van der Waals surface area contributed by atoms with Crippen molar-refractivity contribution in [2.45, 2.75) is 13.3 Å². The minimum absolute atomic E-state index is 0.0487. The zero-order valence-corrected chi connectivity index (χ0v) is 14.3. The minimum Gasteiger partial charge on any atom is -0.494 e. The molecule has 0 spiro atoms. The fourth-order valence-corrected chi connectivity index (χ4v) is 2.88. The molecule has 1 fully saturated rings. The number of nitrogens with zero attached hydrogens (tertiary/aromatic N) is 2. The van der Waals surface area contributed by atoms with E-state index in [4.69, 9.17) is 9.15 Å². The van der Waals surface area contributed by atoms with Gasteiger partial charge in [0.2, 0.25) is 5.91 Å². The Hall–Kier alpha value is -2.76. The standard InChI is InChI=1S/C19H22N2O4/c1-2-25-17-5-3-15(4-6-17)13-18(22)20-8-10-21(11-9-20)19(23)16-7-12-24-14-16/h3-7,12,14H,2,8-11,13H2,1H3. The summed E-state index contributed by atoms with van der Waals surface area (Å²) in [6.07, 6.45) is 3.30. The van der Waals surface area contributed by atoms with Crippen molar-refractivity contribution >= 4 is 11.8 Å². The molecule has 1 aliphatic heterocycles. The van der Waals surface area contributed by atoms with Crippen LogP contribution in [-0.4, -0.2) is 54.4 Å². The molecule has 1 aliphatic rings. The van der Waals surface area contributed by atoms with Gasteiger partial charge in [-0.05, 0) is 30.7 Å². The van der Waals surface area contributed by atoms with Gasteiger partial charge in [-0.25, -0.2) is 0 Å². The first-order valence-corrected chi connectivity index (χ1v) is 8.48. The molecule has 0 unspecified atom stereocenters. The van der Waals surface area contributed by atoms with Gasteiger partial charge in [-0.15, -0.1) is 0 Å². The Labute approximate surface area is 147 Å². The van der Waals surface area contributed by atoms with Gasteiger partial charge < -0.3 is 19.0 Å². The van der Waals surface area contributed by atoms with Crippen LogP contribution in [-0.2, 0) is 11.2 Å². The first-order chi connectivity index (χ1) is 12.2. The van der Waals surface area contributed by atoms with Gasteiger partial charge in [-0.2, -0.15) is 0 Å². The van der Waals surface area contributed by atoms with Crippen molar-refractivity contribution in [1.29, 1.82) is 0 Å². The van der Waals surface area contributed by atoms with Crippen molar-refractivity contribution in [2.24, 2.45) is 0 Å². The molecule has 3 rings (SSSR count). The van der Waals surface area contributed by atoms with E-state index in [1.165, 1.54) is 12.5 Å². The number of hydrogen-bond donors (Lipinski definition) is 0. The van der Waals surface area contributed by atoms with Crippen molar-refractivity contribution in [3.63, 3.8) is 0 Å². The largest absolute Gasteiger partial charge is 0.494 e. The molecule has 6 nitrogen and oxygen atoms in total. The van der Waals surface area contributed by atoms with Crippen molar-refractivity contribution in [2.75, 3.05) is 32.8 Å². The Balaban J connectivity index is 1.50. The Kier molecular flexibility index (Phi) is 5.38. The molecule has 25 heavy (non-hydrogen) atoms. The lowest BCUT2D eigenvalue weighted by atomic mass is 10.1. The van der Waals surface area contributed by atoms with E-state index >= 15 is 0 Å². The highest BCUT2D eigenvalue weighted by Crippen LogP contribution is 2.14. The van der Waals surface area contributed by atoms with E-state index in [2.05, 4.69) is 0 Å².